The van der Waals surface area contributed by atoms with Crippen LogP contribution in [0.25, 0.3) is 0 Å². The summed E-state index contributed by atoms with van der Waals surface area (Å²) in [7, 11) is -1.35. The third-order valence-corrected chi connectivity index (χ3v) is 3.95. The summed E-state index contributed by atoms with van der Waals surface area (Å²) in [6.07, 6.45) is 1.84. The fraction of sp³-hybridized carbons (Fsp3) is 0.308. The number of benzene rings is 1. The van der Waals surface area contributed by atoms with E-state index >= 15 is 0 Å². The highest BCUT2D eigenvalue weighted by atomic mass is 32.2. The van der Waals surface area contributed by atoms with Gasteiger partial charge in [-0.3, -0.25) is 8.89 Å². The van der Waals surface area contributed by atoms with Gasteiger partial charge in [-0.1, -0.05) is 0 Å². The topological polar surface area (TPSA) is 60.9 Å². The van der Waals surface area contributed by atoms with Gasteiger partial charge in [-0.15, -0.1) is 0 Å². The van der Waals surface area contributed by atoms with Crippen LogP contribution < -0.4 is 5.73 Å². The van der Waals surface area contributed by atoms with Crippen molar-refractivity contribution in [1.82, 2.24) is 9.78 Å². The lowest BCUT2D eigenvalue weighted by atomic mass is 10.3. The van der Waals surface area contributed by atoms with Gasteiger partial charge in [0.15, 0.2) is 0 Å². The van der Waals surface area contributed by atoms with Crippen molar-refractivity contribution in [2.24, 2.45) is 0 Å². The van der Waals surface area contributed by atoms with E-state index in [4.69, 9.17) is 5.73 Å². The molecule has 0 radical (unpaired) electrons. The van der Waals surface area contributed by atoms with Crippen molar-refractivity contribution in [1.29, 1.82) is 0 Å². The Balaban J connectivity index is 2.15. The average molecular weight is 281 g/mol. The lowest BCUT2D eigenvalue weighted by Gasteiger charge is -2.04. The highest BCUT2D eigenvalue weighted by Gasteiger charge is 2.10. The van der Waals surface area contributed by atoms with E-state index in [1.54, 1.807) is 4.68 Å². The van der Waals surface area contributed by atoms with E-state index in [2.05, 4.69) is 5.10 Å². The lowest BCUT2D eigenvalue weighted by molar-refractivity contribution is 0.528. The van der Waals surface area contributed by atoms with Gasteiger partial charge in [0.05, 0.1) is 22.2 Å². The quantitative estimate of drug-likeness (QED) is 0.876. The first-order chi connectivity index (χ1) is 8.95. The third-order valence-electron chi connectivity index (χ3n) is 2.63. The zero-order chi connectivity index (χ0) is 14.0. The van der Waals surface area contributed by atoms with Crippen LogP contribution in [0.15, 0.2) is 35.4 Å². The van der Waals surface area contributed by atoms with Crippen LogP contribution in [-0.2, 0) is 16.6 Å². The van der Waals surface area contributed by atoms with Crippen molar-refractivity contribution >= 4 is 16.5 Å². The van der Waals surface area contributed by atoms with Gasteiger partial charge in [-0.05, 0) is 38.1 Å². The Morgan fingerprint density at radius 2 is 2.16 bits per heavy atom. The van der Waals surface area contributed by atoms with E-state index in [-0.39, 0.29) is 17.5 Å². The fourth-order valence-corrected chi connectivity index (χ4v) is 2.78. The van der Waals surface area contributed by atoms with Gasteiger partial charge in [0.2, 0.25) is 0 Å². The predicted molar refractivity (Wildman–Crippen MR) is 73.5 cm³/mol. The van der Waals surface area contributed by atoms with Crippen molar-refractivity contribution in [2.45, 2.75) is 30.5 Å². The molecular weight excluding hydrogens is 265 g/mol. The number of nitrogens with zero attached hydrogens (tertiary/aromatic N) is 2. The van der Waals surface area contributed by atoms with E-state index in [0.717, 1.165) is 5.69 Å². The maximum Gasteiger partial charge on any atom is 0.126 e. The molecule has 1 atom stereocenters. The van der Waals surface area contributed by atoms with E-state index in [0.29, 0.717) is 4.90 Å². The van der Waals surface area contributed by atoms with E-state index in [1.165, 1.54) is 18.2 Å². The van der Waals surface area contributed by atoms with Crippen LogP contribution >= 0.6 is 0 Å². The molecule has 1 aromatic carbocycles. The number of anilines is 1. The molecule has 6 heteroatoms. The molecule has 2 aromatic rings. The van der Waals surface area contributed by atoms with Gasteiger partial charge in [0, 0.05) is 22.8 Å². The van der Waals surface area contributed by atoms with Gasteiger partial charge >= 0.3 is 0 Å². The maximum atomic E-state index is 13.2. The predicted octanol–water partition coefficient (Wildman–Crippen LogP) is 2.49. The molecule has 0 aliphatic carbocycles. The highest BCUT2D eigenvalue weighted by Crippen LogP contribution is 2.17. The van der Waals surface area contributed by atoms with Gasteiger partial charge in [0.25, 0.3) is 0 Å². The number of hydrogen-bond donors (Lipinski definition) is 1. The lowest BCUT2D eigenvalue weighted by Crippen LogP contribution is -2.04. The summed E-state index contributed by atoms with van der Waals surface area (Å²) in [5.41, 5.74) is 6.53. The van der Waals surface area contributed by atoms with Crippen molar-refractivity contribution < 1.29 is 8.60 Å². The standard InChI is InChI=1S/C13H16FN3OS/c1-9(2)17-4-3-12(16-17)8-19(18)13-6-10(14)5-11(15)7-13/h3-7,9H,8,15H2,1-2H3. The smallest absolute Gasteiger partial charge is 0.126 e. The molecular formula is C13H16FN3OS. The van der Waals surface area contributed by atoms with Gasteiger partial charge < -0.3 is 5.73 Å². The molecule has 1 aromatic heterocycles. The molecule has 1 unspecified atom stereocenters. The minimum atomic E-state index is -1.35. The summed E-state index contributed by atoms with van der Waals surface area (Å²) in [4.78, 5) is 0.386. The van der Waals surface area contributed by atoms with Crippen LogP contribution in [0.4, 0.5) is 10.1 Å². The zero-order valence-electron chi connectivity index (χ0n) is 10.8. The van der Waals surface area contributed by atoms with Gasteiger partial charge in [-0.25, -0.2) is 4.39 Å². The normalized spacial score (nSPS) is 12.8. The van der Waals surface area contributed by atoms with E-state index in [1.807, 2.05) is 26.1 Å². The molecule has 4 nitrogen and oxygen atoms in total. The molecule has 0 saturated heterocycles. The Morgan fingerprint density at radius 3 is 2.74 bits per heavy atom. The molecule has 0 aliphatic heterocycles. The Labute approximate surface area is 113 Å². The molecule has 0 spiro atoms. The number of nitrogens with two attached hydrogens (primary N) is 1. The molecule has 0 amide bonds. The number of rotatable bonds is 4. The van der Waals surface area contributed by atoms with Crippen LogP contribution in [0.1, 0.15) is 25.6 Å². The van der Waals surface area contributed by atoms with Crippen molar-refractivity contribution in [3.05, 3.63) is 42.0 Å². The Hall–Kier alpha value is -1.69. The van der Waals surface area contributed by atoms with Crippen LogP contribution in [0.3, 0.4) is 0 Å². The number of nitrogen functional groups attached to an aromatic ring is 1. The summed E-state index contributed by atoms with van der Waals surface area (Å²) >= 11 is 0. The first-order valence-electron chi connectivity index (χ1n) is 5.94. The highest BCUT2D eigenvalue weighted by molar-refractivity contribution is 7.84. The second-order valence-corrected chi connectivity index (χ2v) is 6.04. The van der Waals surface area contributed by atoms with Crippen LogP contribution in [0.2, 0.25) is 0 Å². The fourth-order valence-electron chi connectivity index (χ4n) is 1.68. The minimum Gasteiger partial charge on any atom is -0.399 e. The van der Waals surface area contributed by atoms with Gasteiger partial charge in [-0.2, -0.15) is 5.10 Å². The Kier molecular flexibility index (Phi) is 3.99. The molecule has 1 heterocycles. The van der Waals surface area contributed by atoms with Gasteiger partial charge in [0.1, 0.15) is 5.82 Å². The first kappa shape index (κ1) is 13.7. The van der Waals surface area contributed by atoms with Crippen molar-refractivity contribution in [3.63, 3.8) is 0 Å². The van der Waals surface area contributed by atoms with E-state index in [9.17, 15) is 8.60 Å². The monoisotopic (exact) mass is 281 g/mol. The molecule has 19 heavy (non-hydrogen) atoms. The number of hydrogen-bond acceptors (Lipinski definition) is 3. The maximum absolute atomic E-state index is 13.2. The van der Waals surface area contributed by atoms with Crippen molar-refractivity contribution in [3.8, 4) is 0 Å². The van der Waals surface area contributed by atoms with Crippen molar-refractivity contribution in [2.75, 3.05) is 5.73 Å². The van der Waals surface area contributed by atoms with Crippen LogP contribution in [0, 0.1) is 5.82 Å². The first-order valence-corrected chi connectivity index (χ1v) is 7.26. The number of halogens is 1. The molecule has 2 rings (SSSR count). The summed E-state index contributed by atoms with van der Waals surface area (Å²) in [5, 5.41) is 4.32. The minimum absolute atomic E-state index is 0.253. The summed E-state index contributed by atoms with van der Waals surface area (Å²) < 4.78 is 27.1. The Morgan fingerprint density at radius 1 is 1.42 bits per heavy atom. The average Bonchev–Trinajstić information content (AvgIpc) is 2.76. The van der Waals surface area contributed by atoms with E-state index < -0.39 is 16.6 Å². The summed E-state index contributed by atoms with van der Waals surface area (Å²) in [6.45, 7) is 4.03. The second-order valence-electron chi connectivity index (χ2n) is 4.59. The van der Waals surface area contributed by atoms with Crippen LogP contribution in [-0.4, -0.2) is 14.0 Å². The molecule has 102 valence electrons. The second kappa shape index (κ2) is 5.52. The molecule has 0 fully saturated rings. The van der Waals surface area contributed by atoms with Crippen LogP contribution in [0.5, 0.6) is 0 Å². The molecule has 0 bridgehead atoms. The molecule has 0 saturated carbocycles. The zero-order valence-corrected chi connectivity index (χ0v) is 11.7. The summed E-state index contributed by atoms with van der Waals surface area (Å²) in [5.74, 6) is -0.223. The SMILES string of the molecule is CC(C)n1ccc(CS(=O)c2cc(N)cc(F)c2)n1. The number of aromatic nitrogens is 2. The third kappa shape index (κ3) is 3.41. The largest absolute Gasteiger partial charge is 0.399 e. The Bertz CT molecular complexity index is 589. The summed E-state index contributed by atoms with van der Waals surface area (Å²) in [6, 6.07) is 6.05. The molecule has 0 aliphatic rings. The molecule has 2 N–H and O–H groups in total.